The van der Waals surface area contributed by atoms with Crippen LogP contribution in [0.25, 0.3) is 0 Å². The van der Waals surface area contributed by atoms with E-state index < -0.39 is 0 Å². The lowest BCUT2D eigenvalue weighted by Gasteiger charge is -2.21. The third-order valence-corrected chi connectivity index (χ3v) is 2.22. The van der Waals surface area contributed by atoms with Crippen LogP contribution in [0, 0.1) is 0 Å². The van der Waals surface area contributed by atoms with E-state index in [2.05, 4.69) is 10.6 Å². The van der Waals surface area contributed by atoms with Crippen LogP contribution in [0.15, 0.2) is 0 Å². The Bertz CT molecular complexity index is 242. The van der Waals surface area contributed by atoms with Gasteiger partial charge in [-0.15, -0.1) is 0 Å². The van der Waals surface area contributed by atoms with Gasteiger partial charge in [-0.3, -0.25) is 9.59 Å². The average molecular weight is 243 g/mol. The maximum Gasteiger partial charge on any atom is 0.239 e. The molecule has 0 atom stereocenters. The highest BCUT2D eigenvalue weighted by Crippen LogP contribution is 1.90. The van der Waals surface area contributed by atoms with Crippen molar-refractivity contribution < 1.29 is 9.59 Å². The number of rotatable bonds is 8. The summed E-state index contributed by atoms with van der Waals surface area (Å²) < 4.78 is 0. The SMILES string of the molecule is CCCNCC(=O)N(CC)CC(=O)NC(C)C. The van der Waals surface area contributed by atoms with Crippen LogP contribution in [0.4, 0.5) is 0 Å². The first kappa shape index (κ1) is 15.9. The van der Waals surface area contributed by atoms with Gasteiger partial charge in [-0.25, -0.2) is 0 Å². The van der Waals surface area contributed by atoms with Crippen LogP contribution in [0.2, 0.25) is 0 Å². The van der Waals surface area contributed by atoms with E-state index in [-0.39, 0.29) is 24.4 Å². The van der Waals surface area contributed by atoms with Gasteiger partial charge in [-0.2, -0.15) is 0 Å². The van der Waals surface area contributed by atoms with Crippen molar-refractivity contribution in [3.63, 3.8) is 0 Å². The van der Waals surface area contributed by atoms with Crippen molar-refractivity contribution in [2.45, 2.75) is 40.2 Å². The Morgan fingerprint density at radius 3 is 2.35 bits per heavy atom. The molecule has 0 aliphatic heterocycles. The molecule has 0 unspecified atom stereocenters. The predicted molar refractivity (Wildman–Crippen MR) is 68.7 cm³/mol. The van der Waals surface area contributed by atoms with Crippen molar-refractivity contribution >= 4 is 11.8 Å². The maximum atomic E-state index is 11.8. The Hall–Kier alpha value is -1.10. The topological polar surface area (TPSA) is 61.4 Å². The van der Waals surface area contributed by atoms with E-state index in [1.54, 1.807) is 4.90 Å². The van der Waals surface area contributed by atoms with E-state index in [4.69, 9.17) is 0 Å². The molecule has 0 aromatic heterocycles. The largest absolute Gasteiger partial charge is 0.352 e. The Morgan fingerprint density at radius 1 is 1.24 bits per heavy atom. The van der Waals surface area contributed by atoms with Crippen molar-refractivity contribution in [2.24, 2.45) is 0 Å². The highest BCUT2D eigenvalue weighted by molar-refractivity contribution is 5.85. The predicted octanol–water partition coefficient (Wildman–Crippen LogP) is 0.359. The fourth-order valence-electron chi connectivity index (χ4n) is 1.40. The van der Waals surface area contributed by atoms with Gasteiger partial charge in [0.25, 0.3) is 0 Å². The number of hydrogen-bond acceptors (Lipinski definition) is 3. The summed E-state index contributed by atoms with van der Waals surface area (Å²) in [5.74, 6) is -0.134. The Balaban J connectivity index is 4.04. The van der Waals surface area contributed by atoms with Crippen LogP contribution in [-0.4, -0.2) is 48.9 Å². The summed E-state index contributed by atoms with van der Waals surface area (Å²) in [6.45, 7) is 9.54. The molecule has 2 amide bonds. The zero-order valence-electron chi connectivity index (χ0n) is 11.4. The van der Waals surface area contributed by atoms with E-state index >= 15 is 0 Å². The first-order valence-corrected chi connectivity index (χ1v) is 6.29. The van der Waals surface area contributed by atoms with Crippen LogP contribution in [0.3, 0.4) is 0 Å². The lowest BCUT2D eigenvalue weighted by atomic mass is 10.3. The fourth-order valence-corrected chi connectivity index (χ4v) is 1.40. The van der Waals surface area contributed by atoms with Gasteiger partial charge in [-0.05, 0) is 33.7 Å². The zero-order chi connectivity index (χ0) is 13.3. The molecule has 2 N–H and O–H groups in total. The maximum absolute atomic E-state index is 11.8. The standard InChI is InChI=1S/C12H25N3O2/c1-5-7-13-8-12(17)15(6-2)9-11(16)14-10(3)4/h10,13H,5-9H2,1-4H3,(H,14,16). The molecule has 5 heteroatoms. The highest BCUT2D eigenvalue weighted by Gasteiger charge is 2.15. The summed E-state index contributed by atoms with van der Waals surface area (Å²) in [7, 11) is 0. The molecule has 0 radical (unpaired) electrons. The van der Waals surface area contributed by atoms with Gasteiger partial charge < -0.3 is 15.5 Å². The summed E-state index contributed by atoms with van der Waals surface area (Å²) in [6, 6.07) is 0.106. The Morgan fingerprint density at radius 2 is 1.88 bits per heavy atom. The minimum Gasteiger partial charge on any atom is -0.352 e. The first-order valence-electron chi connectivity index (χ1n) is 6.29. The van der Waals surface area contributed by atoms with Gasteiger partial charge in [0, 0.05) is 12.6 Å². The van der Waals surface area contributed by atoms with Gasteiger partial charge in [-0.1, -0.05) is 6.92 Å². The molecule has 0 aromatic rings. The monoisotopic (exact) mass is 243 g/mol. The van der Waals surface area contributed by atoms with E-state index in [0.717, 1.165) is 13.0 Å². The van der Waals surface area contributed by atoms with Crippen LogP contribution in [0.5, 0.6) is 0 Å². The number of hydrogen-bond donors (Lipinski definition) is 2. The van der Waals surface area contributed by atoms with Gasteiger partial charge in [0.2, 0.25) is 11.8 Å². The number of likely N-dealkylation sites (N-methyl/N-ethyl adjacent to an activating group) is 1. The molecule has 5 nitrogen and oxygen atoms in total. The molecule has 0 spiro atoms. The third-order valence-electron chi connectivity index (χ3n) is 2.22. The summed E-state index contributed by atoms with van der Waals surface area (Å²) >= 11 is 0. The fraction of sp³-hybridized carbons (Fsp3) is 0.833. The molecule has 0 fully saturated rings. The Kier molecular flexibility index (Phi) is 8.40. The summed E-state index contributed by atoms with van der Waals surface area (Å²) in [6.07, 6.45) is 0.993. The molecular formula is C12H25N3O2. The minimum atomic E-state index is -0.106. The second-order valence-corrected chi connectivity index (χ2v) is 4.31. The second kappa shape index (κ2) is 8.98. The van der Waals surface area contributed by atoms with Crippen molar-refractivity contribution in [1.29, 1.82) is 0 Å². The molecule has 0 aliphatic carbocycles. The number of carbonyl (C=O) groups is 2. The molecule has 0 saturated heterocycles. The molecule has 0 rings (SSSR count). The van der Waals surface area contributed by atoms with Crippen molar-refractivity contribution in [2.75, 3.05) is 26.2 Å². The van der Waals surface area contributed by atoms with Crippen LogP contribution < -0.4 is 10.6 Å². The smallest absolute Gasteiger partial charge is 0.239 e. The van der Waals surface area contributed by atoms with Crippen LogP contribution >= 0.6 is 0 Å². The quantitative estimate of drug-likeness (QED) is 0.605. The van der Waals surface area contributed by atoms with Crippen LogP contribution in [0.1, 0.15) is 34.1 Å². The number of carbonyl (C=O) groups excluding carboxylic acids is 2. The van der Waals surface area contributed by atoms with Gasteiger partial charge >= 0.3 is 0 Å². The summed E-state index contributed by atoms with van der Waals surface area (Å²) in [5.41, 5.74) is 0. The van der Waals surface area contributed by atoms with E-state index in [1.807, 2.05) is 27.7 Å². The molecule has 100 valence electrons. The molecule has 0 saturated carbocycles. The molecule has 0 aliphatic rings. The van der Waals surface area contributed by atoms with Gasteiger partial charge in [0.15, 0.2) is 0 Å². The number of amides is 2. The average Bonchev–Trinajstić information content (AvgIpc) is 2.25. The zero-order valence-corrected chi connectivity index (χ0v) is 11.4. The van der Waals surface area contributed by atoms with E-state index in [1.165, 1.54) is 0 Å². The Labute approximate surface area is 104 Å². The van der Waals surface area contributed by atoms with Crippen molar-refractivity contribution in [3.8, 4) is 0 Å². The van der Waals surface area contributed by atoms with E-state index in [9.17, 15) is 9.59 Å². The van der Waals surface area contributed by atoms with Gasteiger partial charge in [0.1, 0.15) is 0 Å². The molecular weight excluding hydrogens is 218 g/mol. The van der Waals surface area contributed by atoms with Crippen LogP contribution in [-0.2, 0) is 9.59 Å². The second-order valence-electron chi connectivity index (χ2n) is 4.31. The lowest BCUT2D eigenvalue weighted by molar-refractivity contribution is -0.135. The van der Waals surface area contributed by atoms with Gasteiger partial charge in [0.05, 0.1) is 13.1 Å². The molecule has 17 heavy (non-hydrogen) atoms. The normalized spacial score (nSPS) is 10.4. The van der Waals surface area contributed by atoms with Crippen molar-refractivity contribution in [3.05, 3.63) is 0 Å². The summed E-state index contributed by atoms with van der Waals surface area (Å²) in [4.78, 5) is 24.8. The number of nitrogens with zero attached hydrogens (tertiary/aromatic N) is 1. The number of nitrogens with one attached hydrogen (secondary N) is 2. The first-order chi connectivity index (χ1) is 8.01. The molecule has 0 heterocycles. The lowest BCUT2D eigenvalue weighted by Crippen LogP contribution is -2.45. The summed E-state index contributed by atoms with van der Waals surface area (Å²) in [5, 5.41) is 5.82. The van der Waals surface area contributed by atoms with Crippen molar-refractivity contribution in [1.82, 2.24) is 15.5 Å². The molecule has 0 bridgehead atoms. The minimum absolute atomic E-state index is 0.0279. The highest BCUT2D eigenvalue weighted by atomic mass is 16.2. The third kappa shape index (κ3) is 7.74. The molecule has 0 aromatic carbocycles. The van der Waals surface area contributed by atoms with E-state index in [0.29, 0.717) is 13.1 Å².